The van der Waals surface area contributed by atoms with Crippen LogP contribution in [0.5, 0.6) is 0 Å². The van der Waals surface area contributed by atoms with E-state index in [1.54, 1.807) is 6.07 Å². The lowest BCUT2D eigenvalue weighted by Gasteiger charge is -2.17. The Morgan fingerprint density at radius 2 is 2.00 bits per heavy atom. The third kappa shape index (κ3) is 5.12. The number of carboxylic acid groups (broad SMARTS) is 1. The van der Waals surface area contributed by atoms with Crippen molar-refractivity contribution in [1.82, 2.24) is 5.32 Å². The van der Waals surface area contributed by atoms with Gasteiger partial charge in [-0.2, -0.15) is 0 Å². The smallest absolute Gasteiger partial charge is 0.304 e. The topological polar surface area (TPSA) is 66.4 Å². The van der Waals surface area contributed by atoms with E-state index in [4.69, 9.17) is 5.11 Å². The SMILES string of the molecule is Cc1cccc(C(CC(=O)O)C(=O)NCC(C)C)c1. The lowest BCUT2D eigenvalue weighted by Crippen LogP contribution is -2.33. The molecular formula is C15H21NO3. The number of benzene rings is 1. The Morgan fingerprint density at radius 3 is 2.53 bits per heavy atom. The number of carbonyl (C=O) groups is 2. The van der Waals surface area contributed by atoms with E-state index < -0.39 is 11.9 Å². The Bertz CT molecular complexity index is 454. The summed E-state index contributed by atoms with van der Waals surface area (Å²) in [6.07, 6.45) is -0.187. The number of carbonyl (C=O) groups excluding carboxylic acids is 1. The van der Waals surface area contributed by atoms with Gasteiger partial charge in [0.05, 0.1) is 12.3 Å². The molecule has 104 valence electrons. The summed E-state index contributed by atoms with van der Waals surface area (Å²) in [6.45, 7) is 6.48. The highest BCUT2D eigenvalue weighted by molar-refractivity contribution is 5.87. The van der Waals surface area contributed by atoms with E-state index in [1.807, 2.05) is 39.0 Å². The number of nitrogens with one attached hydrogen (secondary N) is 1. The molecule has 1 amide bonds. The molecule has 4 nitrogen and oxygen atoms in total. The summed E-state index contributed by atoms with van der Waals surface area (Å²) in [5.41, 5.74) is 1.77. The molecule has 0 radical (unpaired) electrons. The number of aliphatic carboxylic acids is 1. The van der Waals surface area contributed by atoms with Gasteiger partial charge < -0.3 is 10.4 Å². The first-order valence-corrected chi connectivity index (χ1v) is 6.46. The first-order chi connectivity index (χ1) is 8.90. The van der Waals surface area contributed by atoms with E-state index >= 15 is 0 Å². The van der Waals surface area contributed by atoms with Gasteiger partial charge in [-0.3, -0.25) is 9.59 Å². The lowest BCUT2D eigenvalue weighted by atomic mass is 9.93. The lowest BCUT2D eigenvalue weighted by molar-refractivity contribution is -0.139. The Labute approximate surface area is 113 Å². The molecule has 1 atom stereocenters. The second kappa shape index (κ2) is 6.92. The van der Waals surface area contributed by atoms with E-state index in [0.717, 1.165) is 11.1 Å². The van der Waals surface area contributed by atoms with Gasteiger partial charge in [0.25, 0.3) is 0 Å². The van der Waals surface area contributed by atoms with E-state index in [0.29, 0.717) is 12.5 Å². The Hall–Kier alpha value is -1.84. The molecule has 0 bridgehead atoms. The van der Waals surface area contributed by atoms with E-state index in [-0.39, 0.29) is 12.3 Å². The zero-order valence-corrected chi connectivity index (χ0v) is 11.6. The highest BCUT2D eigenvalue weighted by atomic mass is 16.4. The van der Waals surface area contributed by atoms with Crippen LogP contribution in [-0.4, -0.2) is 23.5 Å². The van der Waals surface area contributed by atoms with Crippen LogP contribution in [0.4, 0.5) is 0 Å². The predicted molar refractivity (Wildman–Crippen MR) is 74.0 cm³/mol. The van der Waals surface area contributed by atoms with Gasteiger partial charge in [-0.1, -0.05) is 43.7 Å². The van der Waals surface area contributed by atoms with Crippen LogP contribution in [0.25, 0.3) is 0 Å². The van der Waals surface area contributed by atoms with Crippen LogP contribution in [0.3, 0.4) is 0 Å². The van der Waals surface area contributed by atoms with Crippen molar-refractivity contribution in [2.75, 3.05) is 6.54 Å². The molecule has 0 heterocycles. The first-order valence-electron chi connectivity index (χ1n) is 6.46. The van der Waals surface area contributed by atoms with E-state index in [2.05, 4.69) is 5.32 Å². The fraction of sp³-hybridized carbons (Fsp3) is 0.467. The minimum Gasteiger partial charge on any atom is -0.481 e. The van der Waals surface area contributed by atoms with Gasteiger partial charge in [-0.05, 0) is 18.4 Å². The summed E-state index contributed by atoms with van der Waals surface area (Å²) in [7, 11) is 0. The fourth-order valence-electron chi connectivity index (χ4n) is 1.85. The highest BCUT2D eigenvalue weighted by Crippen LogP contribution is 2.21. The largest absolute Gasteiger partial charge is 0.481 e. The van der Waals surface area contributed by atoms with Crippen LogP contribution in [0, 0.1) is 12.8 Å². The van der Waals surface area contributed by atoms with E-state index in [9.17, 15) is 9.59 Å². The summed E-state index contributed by atoms with van der Waals surface area (Å²) >= 11 is 0. The van der Waals surface area contributed by atoms with Crippen molar-refractivity contribution >= 4 is 11.9 Å². The molecule has 1 unspecified atom stereocenters. The van der Waals surface area contributed by atoms with Crippen molar-refractivity contribution in [1.29, 1.82) is 0 Å². The zero-order chi connectivity index (χ0) is 14.4. The van der Waals surface area contributed by atoms with Crippen molar-refractivity contribution < 1.29 is 14.7 Å². The average Bonchev–Trinajstić information content (AvgIpc) is 2.32. The van der Waals surface area contributed by atoms with Gasteiger partial charge in [0.1, 0.15) is 0 Å². The molecule has 0 saturated heterocycles. The molecule has 1 aromatic rings. The summed E-state index contributed by atoms with van der Waals surface area (Å²) < 4.78 is 0. The first kappa shape index (κ1) is 15.2. The third-order valence-electron chi connectivity index (χ3n) is 2.82. The molecule has 2 N–H and O–H groups in total. The van der Waals surface area contributed by atoms with Gasteiger partial charge in [0.2, 0.25) is 5.91 Å². The Balaban J connectivity index is 2.88. The minimum absolute atomic E-state index is 0.187. The monoisotopic (exact) mass is 263 g/mol. The second-order valence-corrected chi connectivity index (χ2v) is 5.20. The standard InChI is InChI=1S/C15H21NO3/c1-10(2)9-16-15(19)13(8-14(17)18)12-6-4-5-11(3)7-12/h4-7,10,13H,8-9H2,1-3H3,(H,16,19)(H,17,18). The van der Waals surface area contributed by atoms with Crippen LogP contribution in [0.2, 0.25) is 0 Å². The molecule has 1 aromatic carbocycles. The van der Waals surface area contributed by atoms with Crippen molar-refractivity contribution in [3.63, 3.8) is 0 Å². The van der Waals surface area contributed by atoms with Crippen molar-refractivity contribution in [3.05, 3.63) is 35.4 Å². The Kier molecular flexibility index (Phi) is 5.55. The average molecular weight is 263 g/mol. The van der Waals surface area contributed by atoms with Gasteiger partial charge in [0, 0.05) is 6.54 Å². The van der Waals surface area contributed by atoms with Crippen LogP contribution < -0.4 is 5.32 Å². The number of hydrogen-bond acceptors (Lipinski definition) is 2. The molecule has 0 aliphatic rings. The van der Waals surface area contributed by atoms with Crippen LogP contribution in [0.1, 0.15) is 37.3 Å². The van der Waals surface area contributed by atoms with Crippen LogP contribution in [0.15, 0.2) is 24.3 Å². The van der Waals surface area contributed by atoms with Crippen molar-refractivity contribution in [2.45, 2.75) is 33.1 Å². The van der Waals surface area contributed by atoms with Gasteiger partial charge in [-0.25, -0.2) is 0 Å². The number of hydrogen-bond donors (Lipinski definition) is 2. The Morgan fingerprint density at radius 1 is 1.32 bits per heavy atom. The maximum atomic E-state index is 12.1. The molecule has 0 fully saturated rings. The summed E-state index contributed by atoms with van der Waals surface area (Å²) in [4.78, 5) is 23.1. The van der Waals surface area contributed by atoms with Crippen molar-refractivity contribution in [2.24, 2.45) is 5.92 Å². The molecular weight excluding hydrogens is 242 g/mol. The fourth-order valence-corrected chi connectivity index (χ4v) is 1.85. The number of carboxylic acids is 1. The molecule has 1 rings (SSSR count). The molecule has 0 aliphatic heterocycles. The normalized spacial score (nSPS) is 12.2. The van der Waals surface area contributed by atoms with Gasteiger partial charge in [-0.15, -0.1) is 0 Å². The van der Waals surface area contributed by atoms with Gasteiger partial charge in [0.15, 0.2) is 0 Å². The molecule has 19 heavy (non-hydrogen) atoms. The van der Waals surface area contributed by atoms with E-state index in [1.165, 1.54) is 0 Å². The van der Waals surface area contributed by atoms with Gasteiger partial charge >= 0.3 is 5.97 Å². The van der Waals surface area contributed by atoms with Crippen LogP contribution in [-0.2, 0) is 9.59 Å². The molecule has 4 heteroatoms. The highest BCUT2D eigenvalue weighted by Gasteiger charge is 2.23. The number of aryl methyl sites for hydroxylation is 1. The quantitative estimate of drug-likeness (QED) is 0.827. The third-order valence-corrected chi connectivity index (χ3v) is 2.82. The number of rotatable bonds is 6. The van der Waals surface area contributed by atoms with Crippen molar-refractivity contribution in [3.8, 4) is 0 Å². The number of amides is 1. The zero-order valence-electron chi connectivity index (χ0n) is 11.6. The summed E-state index contributed by atoms with van der Waals surface area (Å²) in [6, 6.07) is 7.43. The summed E-state index contributed by atoms with van der Waals surface area (Å²) in [5, 5.41) is 11.8. The molecule has 0 aromatic heterocycles. The maximum Gasteiger partial charge on any atom is 0.304 e. The molecule has 0 saturated carbocycles. The molecule has 0 aliphatic carbocycles. The predicted octanol–water partition coefficient (Wildman–Crippen LogP) is 2.33. The summed E-state index contributed by atoms with van der Waals surface area (Å²) in [5.74, 6) is -1.48. The minimum atomic E-state index is -0.966. The maximum absolute atomic E-state index is 12.1. The van der Waals surface area contributed by atoms with Crippen LogP contribution >= 0.6 is 0 Å². The second-order valence-electron chi connectivity index (χ2n) is 5.20. The molecule has 0 spiro atoms.